The van der Waals surface area contributed by atoms with Crippen LogP contribution >= 0.6 is 0 Å². The van der Waals surface area contributed by atoms with Crippen LogP contribution in [-0.4, -0.2) is 35.1 Å². The number of nitrogens with zero attached hydrogens (tertiary/aromatic N) is 1. The number of para-hydroxylation sites is 1. The summed E-state index contributed by atoms with van der Waals surface area (Å²) in [5, 5.41) is 9.82. The molecule has 6 nitrogen and oxygen atoms in total. The van der Waals surface area contributed by atoms with Crippen molar-refractivity contribution < 1.29 is 19.4 Å². The van der Waals surface area contributed by atoms with Crippen molar-refractivity contribution >= 4 is 17.6 Å². The van der Waals surface area contributed by atoms with Crippen molar-refractivity contribution in [2.24, 2.45) is 0 Å². The van der Waals surface area contributed by atoms with E-state index in [1.807, 2.05) is 18.2 Å². The number of aliphatic hydroxyl groups excluding tert-OH is 1. The highest BCUT2D eigenvalue weighted by molar-refractivity contribution is 5.98. The predicted octanol–water partition coefficient (Wildman–Crippen LogP) is 2.89. The molecule has 1 heterocycles. The zero-order valence-corrected chi connectivity index (χ0v) is 15.2. The van der Waals surface area contributed by atoms with Crippen molar-refractivity contribution in [2.75, 3.05) is 11.9 Å². The van der Waals surface area contributed by atoms with Crippen LogP contribution in [0, 0.1) is 13.8 Å². The van der Waals surface area contributed by atoms with Crippen LogP contribution in [0.5, 0.6) is 0 Å². The van der Waals surface area contributed by atoms with Crippen molar-refractivity contribution in [3.8, 4) is 0 Å². The number of rotatable bonds is 5. The lowest BCUT2D eigenvalue weighted by molar-refractivity contribution is -0.126. The van der Waals surface area contributed by atoms with Crippen molar-refractivity contribution in [2.45, 2.75) is 39.9 Å². The Morgan fingerprint density at radius 3 is 2.28 bits per heavy atom. The smallest absolute Gasteiger partial charge is 0.355 e. The first kappa shape index (κ1) is 18.7. The number of hydrogen-bond acceptors (Lipinski definition) is 4. The first-order chi connectivity index (χ1) is 11.7. The molecule has 1 amide bonds. The van der Waals surface area contributed by atoms with E-state index in [0.717, 1.165) is 5.69 Å². The van der Waals surface area contributed by atoms with Gasteiger partial charge >= 0.3 is 5.97 Å². The van der Waals surface area contributed by atoms with E-state index < -0.39 is 18.2 Å². The van der Waals surface area contributed by atoms with Crippen molar-refractivity contribution in [1.82, 2.24) is 4.98 Å². The molecule has 1 aromatic heterocycles. The van der Waals surface area contributed by atoms with E-state index in [9.17, 15) is 14.7 Å². The van der Waals surface area contributed by atoms with Gasteiger partial charge in [0.2, 0.25) is 0 Å². The summed E-state index contributed by atoms with van der Waals surface area (Å²) in [6, 6.07) is 9.14. The van der Waals surface area contributed by atoms with E-state index in [-0.39, 0.29) is 11.6 Å². The molecule has 2 rings (SSSR count). The van der Waals surface area contributed by atoms with Gasteiger partial charge in [-0.2, -0.15) is 0 Å². The number of aliphatic hydroxyl groups is 1. The molecule has 0 saturated heterocycles. The average molecular weight is 344 g/mol. The minimum absolute atomic E-state index is 0.260. The number of nitrogens with one attached hydrogen (secondary N) is 1. The Balaban J connectivity index is 2.12. The highest BCUT2D eigenvalue weighted by atomic mass is 16.5. The Bertz CT molecular complexity index is 765. The van der Waals surface area contributed by atoms with E-state index in [1.165, 1.54) is 4.90 Å². The molecule has 6 heteroatoms. The lowest BCUT2D eigenvalue weighted by Crippen LogP contribution is -2.37. The van der Waals surface area contributed by atoms with Gasteiger partial charge in [0.15, 0.2) is 6.10 Å². The van der Waals surface area contributed by atoms with Gasteiger partial charge in [-0.3, -0.25) is 4.79 Å². The molecule has 0 aliphatic heterocycles. The Kier molecular flexibility index (Phi) is 5.64. The molecule has 0 aliphatic rings. The Hall–Kier alpha value is -2.60. The molecule has 2 atom stereocenters. The second kappa shape index (κ2) is 7.53. The van der Waals surface area contributed by atoms with E-state index in [2.05, 4.69) is 4.98 Å². The summed E-state index contributed by atoms with van der Waals surface area (Å²) in [4.78, 5) is 29.3. The van der Waals surface area contributed by atoms with E-state index in [1.54, 1.807) is 46.9 Å². The Labute approximate surface area is 147 Å². The van der Waals surface area contributed by atoms with Gasteiger partial charge in [-0.25, -0.2) is 4.79 Å². The monoisotopic (exact) mass is 344 g/mol. The summed E-state index contributed by atoms with van der Waals surface area (Å²) in [5.41, 5.74) is 3.00. The summed E-state index contributed by atoms with van der Waals surface area (Å²) in [6.45, 7) is 6.70. The fraction of sp³-hybridized carbons (Fsp3) is 0.368. The first-order valence-electron chi connectivity index (χ1n) is 8.14. The number of hydrogen-bond donors (Lipinski definition) is 2. The van der Waals surface area contributed by atoms with Crippen molar-refractivity contribution in [1.29, 1.82) is 0 Å². The van der Waals surface area contributed by atoms with Crippen LogP contribution in [0.25, 0.3) is 0 Å². The summed E-state index contributed by atoms with van der Waals surface area (Å²) in [5.74, 6) is -0.939. The number of carbonyl (C=O) groups excluding carboxylic acids is 2. The van der Waals surface area contributed by atoms with Crippen LogP contribution in [0.1, 0.15) is 47.3 Å². The number of carbonyl (C=O) groups is 2. The third-order valence-corrected chi connectivity index (χ3v) is 4.22. The van der Waals surface area contributed by atoms with Gasteiger partial charge in [0.05, 0.1) is 6.10 Å². The van der Waals surface area contributed by atoms with Gasteiger partial charge < -0.3 is 19.7 Å². The molecule has 0 fully saturated rings. The quantitative estimate of drug-likeness (QED) is 0.817. The number of aryl methyl sites for hydroxylation is 1. The largest absolute Gasteiger partial charge is 0.448 e. The number of aromatic amines is 1. The highest BCUT2D eigenvalue weighted by Gasteiger charge is 2.26. The number of amides is 1. The van der Waals surface area contributed by atoms with Crippen LogP contribution < -0.4 is 4.90 Å². The normalized spacial score (nSPS) is 13.2. The second-order valence-corrected chi connectivity index (χ2v) is 6.12. The predicted molar refractivity (Wildman–Crippen MR) is 95.6 cm³/mol. The van der Waals surface area contributed by atoms with Crippen molar-refractivity contribution in [3.05, 3.63) is 52.8 Å². The molecule has 0 bridgehead atoms. The SMILES string of the molecule is Cc1[nH]c(C(=O)O[C@H](C)C(=O)N(C)c2ccccc2)c(C)c1[C@H](C)O. The minimum atomic E-state index is -0.935. The first-order valence-corrected chi connectivity index (χ1v) is 8.14. The van der Waals surface area contributed by atoms with E-state index in [4.69, 9.17) is 4.74 Å². The number of likely N-dealkylation sites (N-methyl/N-ethyl adjacent to an activating group) is 1. The van der Waals surface area contributed by atoms with Crippen LogP contribution in [0.3, 0.4) is 0 Å². The number of benzene rings is 1. The molecule has 134 valence electrons. The maximum Gasteiger partial charge on any atom is 0.355 e. The molecular weight excluding hydrogens is 320 g/mol. The number of anilines is 1. The number of esters is 1. The summed E-state index contributed by atoms with van der Waals surface area (Å²) >= 11 is 0. The third-order valence-electron chi connectivity index (χ3n) is 4.22. The number of ether oxygens (including phenoxy) is 1. The molecule has 0 aliphatic carbocycles. The summed E-state index contributed by atoms with van der Waals surface area (Å²) in [6.07, 6.45) is -1.63. The van der Waals surface area contributed by atoms with Crippen LogP contribution in [0.15, 0.2) is 30.3 Å². The van der Waals surface area contributed by atoms with Gasteiger partial charge in [0, 0.05) is 24.0 Å². The van der Waals surface area contributed by atoms with Crippen LogP contribution in [-0.2, 0) is 9.53 Å². The average Bonchev–Trinajstić information content (AvgIpc) is 2.88. The Morgan fingerprint density at radius 2 is 1.76 bits per heavy atom. The van der Waals surface area contributed by atoms with Gasteiger partial charge in [0.25, 0.3) is 5.91 Å². The van der Waals surface area contributed by atoms with E-state index >= 15 is 0 Å². The molecule has 1 aromatic carbocycles. The second-order valence-electron chi connectivity index (χ2n) is 6.12. The topological polar surface area (TPSA) is 82.6 Å². The number of aromatic nitrogens is 1. The molecule has 0 saturated carbocycles. The lowest BCUT2D eigenvalue weighted by Gasteiger charge is -2.21. The zero-order valence-electron chi connectivity index (χ0n) is 15.2. The van der Waals surface area contributed by atoms with Gasteiger partial charge in [0.1, 0.15) is 5.69 Å². The molecule has 0 radical (unpaired) electrons. The molecule has 0 unspecified atom stereocenters. The molecule has 0 spiro atoms. The molecular formula is C19H24N2O4. The van der Waals surface area contributed by atoms with Gasteiger partial charge in [-0.1, -0.05) is 18.2 Å². The summed E-state index contributed by atoms with van der Waals surface area (Å²) < 4.78 is 5.33. The lowest BCUT2D eigenvalue weighted by atomic mass is 10.1. The Morgan fingerprint density at radius 1 is 1.16 bits per heavy atom. The van der Waals surface area contributed by atoms with E-state index in [0.29, 0.717) is 16.8 Å². The van der Waals surface area contributed by atoms with Crippen LogP contribution in [0.2, 0.25) is 0 Å². The van der Waals surface area contributed by atoms with Crippen LogP contribution in [0.4, 0.5) is 5.69 Å². The molecule has 2 N–H and O–H groups in total. The standard InChI is InChI=1S/C19H24N2O4/c1-11-16(13(3)22)12(2)20-17(11)19(24)25-14(4)18(23)21(5)15-9-7-6-8-10-15/h6-10,13-14,20,22H,1-5H3/t13-,14+/m0/s1. The fourth-order valence-corrected chi connectivity index (χ4v) is 2.92. The zero-order chi connectivity index (χ0) is 18.7. The third kappa shape index (κ3) is 3.91. The van der Waals surface area contributed by atoms with Crippen molar-refractivity contribution in [3.63, 3.8) is 0 Å². The maximum absolute atomic E-state index is 12.5. The number of H-pyrrole nitrogens is 1. The molecule has 2 aromatic rings. The maximum atomic E-state index is 12.5. The molecule has 25 heavy (non-hydrogen) atoms. The summed E-state index contributed by atoms with van der Waals surface area (Å²) in [7, 11) is 1.64. The minimum Gasteiger partial charge on any atom is -0.448 e. The van der Waals surface area contributed by atoms with Gasteiger partial charge in [-0.15, -0.1) is 0 Å². The van der Waals surface area contributed by atoms with Gasteiger partial charge in [-0.05, 0) is 45.4 Å². The highest BCUT2D eigenvalue weighted by Crippen LogP contribution is 2.25. The fourth-order valence-electron chi connectivity index (χ4n) is 2.92.